The Morgan fingerprint density at radius 1 is 0.419 bits per heavy atom. The average Bonchev–Trinajstić information content (AvgIpc) is 3.72. The molecule has 0 aliphatic carbocycles. The summed E-state index contributed by atoms with van der Waals surface area (Å²) < 4.78 is 2.42. The molecule has 0 saturated carbocycles. The third kappa shape index (κ3) is 4.68. The maximum absolute atomic E-state index is 14.0. The highest BCUT2D eigenvalue weighted by Crippen LogP contribution is 2.33. The van der Waals surface area contributed by atoms with Gasteiger partial charge in [0.25, 0.3) is 0 Å². The average molecular weight is 702 g/mol. The molecule has 0 unspecified atom stereocenters. The molecule has 2 nitrogen and oxygen atoms in total. The van der Waals surface area contributed by atoms with Gasteiger partial charge in [-0.1, -0.05) is 120 Å². The van der Waals surface area contributed by atoms with Crippen molar-refractivity contribution in [3.05, 3.63) is 160 Å². The Morgan fingerprint density at radius 3 is 1.09 bits per heavy atom. The number of benzene rings is 6. The van der Waals surface area contributed by atoms with Crippen molar-refractivity contribution in [2.24, 2.45) is 0 Å². The van der Waals surface area contributed by atoms with Gasteiger partial charge in [-0.15, -0.1) is 0 Å². The molecule has 0 spiro atoms. The van der Waals surface area contributed by atoms with Gasteiger partial charge in [0.05, 0.1) is 9.75 Å². The number of hydrogen-bond donors (Lipinski definition) is 0. The van der Waals surface area contributed by atoms with Crippen LogP contribution in [0.3, 0.4) is 0 Å². The van der Waals surface area contributed by atoms with Crippen LogP contribution >= 0.6 is 22.7 Å². The number of halogens is 1. The summed E-state index contributed by atoms with van der Waals surface area (Å²) in [5, 5.41) is 8.23. The molecule has 0 bridgehead atoms. The van der Waals surface area contributed by atoms with E-state index in [-0.39, 0.29) is 11.6 Å². The minimum atomic E-state index is -0.529. The topological polar surface area (TPSA) is 34.1 Å². The quantitative estimate of drug-likeness (QED) is 0.106. The first-order valence-electron chi connectivity index (χ1n) is 13.9. The van der Waals surface area contributed by atoms with Crippen molar-refractivity contribution < 1.29 is 30.8 Å². The van der Waals surface area contributed by atoms with Crippen LogP contribution in [0.4, 0.5) is 0 Å². The van der Waals surface area contributed by atoms with E-state index in [1.165, 1.54) is 5.77 Å². The van der Waals surface area contributed by atoms with Crippen LogP contribution in [0.5, 0.6) is 0 Å². The second-order valence-electron chi connectivity index (χ2n) is 10.3. The fourth-order valence-corrected chi connectivity index (χ4v) is 12.0. The number of carbonyl (C=O) groups is 2. The largest absolute Gasteiger partial charge is 0.381 e. The van der Waals surface area contributed by atoms with Gasteiger partial charge in [-0.3, -0.25) is 9.59 Å². The van der Waals surface area contributed by atoms with Gasteiger partial charge in [-0.25, -0.2) is 0 Å². The zero-order valence-corrected chi connectivity index (χ0v) is 26.5. The SMILES string of the molecule is O=C(c1ccc([I+]c2ccc(C(=O)c3c4ccccc4cc4ccccc34)s2)s1)c1c2ccccc2cc2ccccc12. The first kappa shape index (κ1) is 26.5. The van der Waals surface area contributed by atoms with E-state index in [4.69, 9.17) is 0 Å². The molecule has 5 heteroatoms. The van der Waals surface area contributed by atoms with Gasteiger partial charge in [-0.05, 0) is 67.4 Å². The summed E-state index contributed by atoms with van der Waals surface area (Å²) in [5.74, 6) is 0.135. The number of carbonyl (C=O) groups excluding carboxylic acids is 2. The second-order valence-corrected chi connectivity index (χ2v) is 16.8. The minimum absolute atomic E-state index is 0.0677. The molecular formula is C38H22IO2S2+. The summed E-state index contributed by atoms with van der Waals surface area (Å²) in [6.45, 7) is 0. The number of ketones is 2. The lowest BCUT2D eigenvalue weighted by Gasteiger charge is -2.10. The molecule has 8 aromatic rings. The smallest absolute Gasteiger partial charge is 0.288 e. The van der Waals surface area contributed by atoms with Crippen molar-refractivity contribution in [1.29, 1.82) is 0 Å². The van der Waals surface area contributed by atoms with Crippen molar-refractivity contribution in [2.45, 2.75) is 0 Å². The maximum atomic E-state index is 14.0. The Morgan fingerprint density at radius 2 is 0.744 bits per heavy atom. The fourth-order valence-electron chi connectivity index (χ4n) is 5.83. The van der Waals surface area contributed by atoms with Crippen molar-refractivity contribution in [3.63, 3.8) is 0 Å². The third-order valence-electron chi connectivity index (χ3n) is 7.78. The first-order valence-corrected chi connectivity index (χ1v) is 17.7. The summed E-state index contributed by atoms with van der Waals surface area (Å²) in [4.78, 5) is 29.5. The molecule has 2 aromatic heterocycles. The molecule has 0 N–H and O–H groups in total. The van der Waals surface area contributed by atoms with E-state index >= 15 is 0 Å². The van der Waals surface area contributed by atoms with Gasteiger partial charge in [0.1, 0.15) is 0 Å². The third-order valence-corrected chi connectivity index (χ3v) is 13.7. The lowest BCUT2D eigenvalue weighted by atomic mass is 9.94. The van der Waals surface area contributed by atoms with Crippen LogP contribution < -0.4 is 21.2 Å². The molecule has 0 saturated heterocycles. The van der Waals surface area contributed by atoms with Gasteiger partial charge < -0.3 is 0 Å². The number of rotatable bonds is 6. The zero-order chi connectivity index (χ0) is 28.9. The van der Waals surface area contributed by atoms with Crippen molar-refractivity contribution >= 4 is 77.3 Å². The van der Waals surface area contributed by atoms with E-state index in [1.807, 2.05) is 84.9 Å². The van der Waals surface area contributed by atoms with Crippen LogP contribution in [-0.2, 0) is 0 Å². The predicted octanol–water partition coefficient (Wildman–Crippen LogP) is 7.01. The van der Waals surface area contributed by atoms with Crippen LogP contribution in [0.25, 0.3) is 43.1 Å². The van der Waals surface area contributed by atoms with E-state index in [2.05, 4.69) is 48.5 Å². The summed E-state index contributed by atoms with van der Waals surface area (Å²) in [6.07, 6.45) is 0. The predicted molar refractivity (Wildman–Crippen MR) is 176 cm³/mol. The zero-order valence-electron chi connectivity index (χ0n) is 22.7. The van der Waals surface area contributed by atoms with Crippen molar-refractivity contribution in [2.75, 3.05) is 0 Å². The van der Waals surface area contributed by atoms with E-state index in [9.17, 15) is 9.59 Å². The Hall–Kier alpha value is -4.17. The van der Waals surface area contributed by atoms with Crippen molar-refractivity contribution in [3.8, 4) is 0 Å². The highest BCUT2D eigenvalue weighted by Gasteiger charge is 2.27. The fraction of sp³-hybridized carbons (Fsp3) is 0. The number of hydrogen-bond acceptors (Lipinski definition) is 4. The highest BCUT2D eigenvalue weighted by molar-refractivity contribution is 7.12. The molecule has 43 heavy (non-hydrogen) atoms. The van der Waals surface area contributed by atoms with Crippen LogP contribution in [0.15, 0.2) is 133 Å². The maximum Gasteiger partial charge on any atom is 0.381 e. The van der Waals surface area contributed by atoms with Gasteiger partial charge >= 0.3 is 21.2 Å². The van der Waals surface area contributed by atoms with Crippen molar-refractivity contribution in [1.82, 2.24) is 0 Å². The normalized spacial score (nSPS) is 11.5. The summed E-state index contributed by atoms with van der Waals surface area (Å²) in [6, 6.07) is 44.9. The lowest BCUT2D eigenvalue weighted by molar-refractivity contribution is -0.585. The molecular weight excluding hydrogens is 679 g/mol. The van der Waals surface area contributed by atoms with Gasteiger partial charge in [0.15, 0.2) is 0 Å². The Kier molecular flexibility index (Phi) is 6.66. The molecule has 8 rings (SSSR count). The molecule has 0 radical (unpaired) electrons. The monoisotopic (exact) mass is 701 g/mol. The van der Waals surface area contributed by atoms with E-state index < -0.39 is 21.2 Å². The highest BCUT2D eigenvalue weighted by atomic mass is 127. The second kappa shape index (κ2) is 10.8. The molecule has 204 valence electrons. The van der Waals surface area contributed by atoms with Crippen LogP contribution in [0.1, 0.15) is 30.5 Å². The molecule has 2 heterocycles. The molecule has 6 aromatic carbocycles. The number of thiophene rings is 2. The first-order chi connectivity index (χ1) is 21.1. The molecule has 0 amide bonds. The molecule has 0 aliphatic heterocycles. The standard InChI is InChI=1S/C38H22IO2S2/c40-37(35-27-13-5-1-9-23(27)21-24-10-2-6-14-28(24)35)31-17-19-33(42-31)39-34-20-18-32(43-34)38(41)36-29-15-7-3-11-25(29)22-26-12-4-8-16-30(26)36/h1-22H/q+1. The Bertz CT molecular complexity index is 2100. The van der Waals surface area contributed by atoms with Gasteiger partial charge in [-0.2, -0.15) is 0 Å². The molecule has 0 atom stereocenters. The molecule has 0 aliphatic rings. The molecule has 0 fully saturated rings. The summed E-state index contributed by atoms with van der Waals surface area (Å²) >= 11 is 2.64. The van der Waals surface area contributed by atoms with Gasteiger partial charge in [0.2, 0.25) is 17.3 Å². The lowest BCUT2D eigenvalue weighted by Crippen LogP contribution is -3.61. The van der Waals surface area contributed by atoms with Crippen LogP contribution in [-0.4, -0.2) is 11.6 Å². The minimum Gasteiger partial charge on any atom is -0.288 e. The van der Waals surface area contributed by atoms with E-state index in [0.717, 1.165) is 64.0 Å². The van der Waals surface area contributed by atoms with Gasteiger partial charge in [0, 0.05) is 23.3 Å². The number of fused-ring (bicyclic) bond motifs is 4. The van der Waals surface area contributed by atoms with Crippen LogP contribution in [0.2, 0.25) is 0 Å². The van der Waals surface area contributed by atoms with Crippen LogP contribution in [0, 0.1) is 5.77 Å². The summed E-state index contributed by atoms with van der Waals surface area (Å²) in [7, 11) is 0. The Labute approximate surface area is 266 Å². The summed E-state index contributed by atoms with van der Waals surface area (Å²) in [5.41, 5.74) is 1.54. The Balaban J connectivity index is 1.11. The van der Waals surface area contributed by atoms with E-state index in [0.29, 0.717) is 0 Å². The van der Waals surface area contributed by atoms with E-state index in [1.54, 1.807) is 22.7 Å².